The summed E-state index contributed by atoms with van der Waals surface area (Å²) in [6.45, 7) is 25.3. The predicted octanol–water partition coefficient (Wildman–Crippen LogP) is 8.16. The molecule has 1 amide bonds. The van der Waals surface area contributed by atoms with E-state index in [1.165, 1.54) is 32.3 Å². The summed E-state index contributed by atoms with van der Waals surface area (Å²) in [5.41, 5.74) is 0.238. The number of ketones is 1. The number of esters is 2. The number of carbonyl (C=O) groups excluding carboxylic acids is 4. The van der Waals surface area contributed by atoms with Gasteiger partial charge in [-0.1, -0.05) is 48.5 Å². The summed E-state index contributed by atoms with van der Waals surface area (Å²) < 4.78 is 12.6. The predicted molar refractivity (Wildman–Crippen MR) is 219 cm³/mol. The van der Waals surface area contributed by atoms with Gasteiger partial charge in [-0.15, -0.1) is 0 Å². The lowest BCUT2D eigenvalue weighted by molar-refractivity contribution is -0.235. The van der Waals surface area contributed by atoms with Gasteiger partial charge in [0.2, 0.25) is 5.91 Å². The van der Waals surface area contributed by atoms with Crippen LogP contribution in [0.2, 0.25) is 0 Å². The van der Waals surface area contributed by atoms with Crippen LogP contribution in [0, 0.1) is 62.1 Å². The Balaban J connectivity index is 1.31. The number of carboxylic acid groups (broad SMARTS) is 1. The van der Waals surface area contributed by atoms with Crippen LogP contribution in [0.4, 0.5) is 0 Å². The minimum Gasteiger partial charge on any atom is -0.481 e. The van der Waals surface area contributed by atoms with Crippen molar-refractivity contribution in [2.24, 2.45) is 62.1 Å². The Morgan fingerprint density at radius 1 is 0.895 bits per heavy atom. The second kappa shape index (κ2) is 15.4. The highest BCUT2D eigenvalue weighted by molar-refractivity contribution is 6.01. The number of hydrogen-bond acceptors (Lipinski definition) is 8. The molecule has 320 valence electrons. The van der Waals surface area contributed by atoms with Gasteiger partial charge in [0.25, 0.3) is 0 Å². The monoisotopic (exact) mass is 795 g/mol. The van der Waals surface area contributed by atoms with Gasteiger partial charge in [-0.25, -0.2) is 0 Å². The standard InChI is InChI=1S/C47H74N2O8/c1-28(2)39-33(52)24-47(37(56-30(4)51)27-49(26-31-12-13-31)23-22-48-29(3)50)21-20-45(10)32(40(39)47)14-15-35-44(9)18-17-36(57-38(53)25-42(5,6)41(54)55)43(7,8)34(44)16-19-46(35,45)11/h28,31-32,34-37H,12-27H2,1-11H3,(H,48,50)(H,54,55)/t32-,34+,35-,36+,37+,44+,45-,46-,47+/m1/s1. The lowest BCUT2D eigenvalue weighted by atomic mass is 9.33. The van der Waals surface area contributed by atoms with Gasteiger partial charge in [-0.2, -0.15) is 0 Å². The molecule has 0 aromatic rings. The van der Waals surface area contributed by atoms with Crippen LogP contribution < -0.4 is 5.32 Å². The van der Waals surface area contributed by atoms with E-state index in [0.29, 0.717) is 43.8 Å². The molecular formula is C47H74N2O8. The Kier molecular flexibility index (Phi) is 11.8. The maximum Gasteiger partial charge on any atom is 0.309 e. The Hall–Kier alpha value is -2.75. The zero-order valence-corrected chi connectivity index (χ0v) is 37.1. The highest BCUT2D eigenvalue weighted by atomic mass is 16.5. The Bertz CT molecular complexity index is 1660. The highest BCUT2D eigenvalue weighted by Gasteiger charge is 2.71. The molecule has 0 bridgehead atoms. The molecule has 6 aliphatic rings. The maximum absolute atomic E-state index is 14.4. The van der Waals surface area contributed by atoms with Crippen LogP contribution in [0.1, 0.15) is 153 Å². The van der Waals surface area contributed by atoms with Crippen molar-refractivity contribution in [3.8, 4) is 0 Å². The molecular weight excluding hydrogens is 721 g/mol. The molecule has 0 heterocycles. The summed E-state index contributed by atoms with van der Waals surface area (Å²) in [6, 6.07) is 0. The lowest BCUT2D eigenvalue weighted by Crippen LogP contribution is -2.66. The fourth-order valence-electron chi connectivity index (χ4n) is 14.0. The number of amides is 1. The second-order valence-electron chi connectivity index (χ2n) is 21.8. The van der Waals surface area contributed by atoms with Crippen LogP contribution in [-0.2, 0) is 33.4 Å². The second-order valence-corrected chi connectivity index (χ2v) is 21.8. The Labute approximate surface area is 342 Å². The topological polar surface area (TPSA) is 139 Å². The number of fused-ring (bicyclic) bond motifs is 7. The number of rotatable bonds is 14. The molecule has 9 atom stereocenters. The number of allylic oxidation sites excluding steroid dienone is 1. The van der Waals surface area contributed by atoms with E-state index >= 15 is 0 Å². The number of nitrogens with zero attached hydrogens (tertiary/aromatic N) is 1. The van der Waals surface area contributed by atoms with Crippen molar-refractivity contribution >= 4 is 29.6 Å². The molecule has 0 spiro atoms. The zero-order chi connectivity index (χ0) is 42.1. The molecule has 0 unspecified atom stereocenters. The summed E-state index contributed by atoms with van der Waals surface area (Å²) >= 11 is 0. The van der Waals surface area contributed by atoms with Crippen molar-refractivity contribution in [1.82, 2.24) is 10.2 Å². The van der Waals surface area contributed by atoms with Gasteiger partial charge in [0.15, 0.2) is 5.78 Å². The lowest BCUT2D eigenvalue weighted by Gasteiger charge is -2.72. The largest absolute Gasteiger partial charge is 0.481 e. The van der Waals surface area contributed by atoms with Gasteiger partial charge < -0.3 is 19.9 Å². The van der Waals surface area contributed by atoms with Crippen LogP contribution in [0.5, 0.6) is 0 Å². The van der Waals surface area contributed by atoms with Gasteiger partial charge in [0, 0.05) is 57.3 Å². The molecule has 0 saturated heterocycles. The third kappa shape index (κ3) is 7.65. The maximum atomic E-state index is 14.4. The number of carbonyl (C=O) groups is 5. The average molecular weight is 795 g/mol. The van der Waals surface area contributed by atoms with Gasteiger partial charge in [-0.3, -0.25) is 28.9 Å². The van der Waals surface area contributed by atoms with Crippen molar-refractivity contribution in [2.75, 3.05) is 26.2 Å². The molecule has 0 aliphatic heterocycles. The summed E-state index contributed by atoms with van der Waals surface area (Å²) in [7, 11) is 0. The zero-order valence-electron chi connectivity index (χ0n) is 37.1. The normalized spacial score (nSPS) is 36.5. The van der Waals surface area contributed by atoms with E-state index in [0.717, 1.165) is 63.5 Å². The molecule has 5 fully saturated rings. The van der Waals surface area contributed by atoms with E-state index in [2.05, 4.69) is 58.7 Å². The number of nitrogens with one attached hydrogen (secondary N) is 1. The number of Topliss-reactive ketones (excluding diaryl/α,β-unsaturated/α-hetero) is 1. The Morgan fingerprint density at radius 2 is 1.58 bits per heavy atom. The minimum atomic E-state index is -1.18. The molecule has 0 aromatic heterocycles. The summed E-state index contributed by atoms with van der Waals surface area (Å²) in [4.78, 5) is 66.6. The van der Waals surface area contributed by atoms with E-state index in [1.807, 2.05) is 0 Å². The molecule has 10 heteroatoms. The quantitative estimate of drug-likeness (QED) is 0.167. The Morgan fingerprint density at radius 3 is 2.18 bits per heavy atom. The first-order valence-corrected chi connectivity index (χ1v) is 22.3. The van der Waals surface area contributed by atoms with Gasteiger partial charge >= 0.3 is 17.9 Å². The summed E-state index contributed by atoms with van der Waals surface area (Å²) in [5, 5.41) is 12.6. The number of ether oxygens (including phenoxy) is 2. The summed E-state index contributed by atoms with van der Waals surface area (Å²) in [6.07, 6.45) is 9.50. The molecule has 57 heavy (non-hydrogen) atoms. The van der Waals surface area contributed by atoms with Crippen molar-refractivity contribution in [1.29, 1.82) is 0 Å². The van der Waals surface area contributed by atoms with Crippen LogP contribution in [-0.4, -0.2) is 78.0 Å². The van der Waals surface area contributed by atoms with E-state index in [-0.39, 0.29) is 63.7 Å². The molecule has 0 radical (unpaired) electrons. The highest BCUT2D eigenvalue weighted by Crippen LogP contribution is 2.77. The van der Waals surface area contributed by atoms with Crippen LogP contribution >= 0.6 is 0 Å². The van der Waals surface area contributed by atoms with Gasteiger partial charge in [0.1, 0.15) is 12.2 Å². The van der Waals surface area contributed by atoms with Crippen molar-refractivity contribution < 1.29 is 38.6 Å². The first-order chi connectivity index (χ1) is 26.4. The molecule has 2 N–H and O–H groups in total. The fourth-order valence-corrected chi connectivity index (χ4v) is 14.0. The SMILES string of the molecule is CC(=O)NCCN(CC1CC1)C[C@H](OC(C)=O)[C@@]12CC[C@]3(C)[C@H](CC[C@@H]4[C@@]5(C)CC[C@H](OC(=O)CC(C)(C)C(=O)O)C(C)(C)[C@@H]5CC[C@]43C)C1=C(C(C)C)C(=O)C2. The van der Waals surface area contributed by atoms with E-state index in [4.69, 9.17) is 9.47 Å². The third-order valence-electron chi connectivity index (χ3n) is 17.2. The van der Waals surface area contributed by atoms with Crippen LogP contribution in [0.25, 0.3) is 0 Å². The average Bonchev–Trinajstić information content (AvgIpc) is 3.84. The minimum absolute atomic E-state index is 0.00640. The molecule has 6 rings (SSSR count). The molecule has 5 saturated carbocycles. The first-order valence-electron chi connectivity index (χ1n) is 22.3. The molecule has 6 aliphatic carbocycles. The summed E-state index contributed by atoms with van der Waals surface area (Å²) in [5.74, 6) is 0.0963. The molecule has 0 aromatic carbocycles. The third-order valence-corrected chi connectivity index (χ3v) is 17.2. The molecule has 10 nitrogen and oxygen atoms in total. The smallest absolute Gasteiger partial charge is 0.309 e. The van der Waals surface area contributed by atoms with Crippen molar-refractivity contribution in [3.05, 3.63) is 11.1 Å². The van der Waals surface area contributed by atoms with Gasteiger partial charge in [0.05, 0.1) is 11.8 Å². The first kappa shape index (κ1) is 43.8. The number of hydrogen-bond donors (Lipinski definition) is 2. The number of carboxylic acids is 1. The van der Waals surface area contributed by atoms with Crippen LogP contribution in [0.15, 0.2) is 11.1 Å². The van der Waals surface area contributed by atoms with Crippen molar-refractivity contribution in [3.63, 3.8) is 0 Å². The number of aliphatic carboxylic acids is 1. The van der Waals surface area contributed by atoms with E-state index in [9.17, 15) is 29.1 Å². The van der Waals surface area contributed by atoms with E-state index < -0.39 is 28.9 Å². The van der Waals surface area contributed by atoms with Crippen LogP contribution in [0.3, 0.4) is 0 Å². The van der Waals surface area contributed by atoms with E-state index in [1.54, 1.807) is 13.8 Å². The fraction of sp³-hybridized carbons (Fsp3) is 0.851. The van der Waals surface area contributed by atoms with Gasteiger partial charge in [-0.05, 0) is 135 Å². The van der Waals surface area contributed by atoms with Crippen molar-refractivity contribution in [2.45, 2.75) is 165 Å².